The molecule has 0 bridgehead atoms. The number of amides is 1. The van der Waals surface area contributed by atoms with Crippen molar-refractivity contribution in [1.29, 1.82) is 0 Å². The zero-order chi connectivity index (χ0) is 28.2. The molecule has 3 heterocycles. The first kappa shape index (κ1) is 27.5. The van der Waals surface area contributed by atoms with E-state index in [1.54, 1.807) is 24.0 Å². The number of hydrogen-bond acceptors (Lipinski definition) is 8. The van der Waals surface area contributed by atoms with Gasteiger partial charge in [0.15, 0.2) is 5.65 Å². The summed E-state index contributed by atoms with van der Waals surface area (Å²) in [5, 5.41) is 7.12. The number of carbonyl (C=O) groups excluding carboxylic acids is 1. The van der Waals surface area contributed by atoms with Gasteiger partial charge < -0.3 is 15.5 Å². The van der Waals surface area contributed by atoms with E-state index in [4.69, 9.17) is 4.98 Å². The predicted molar refractivity (Wildman–Crippen MR) is 166 cm³/mol. The molecule has 5 aromatic rings. The van der Waals surface area contributed by atoms with Crippen LogP contribution in [-0.4, -0.2) is 39.9 Å². The van der Waals surface area contributed by atoms with Gasteiger partial charge in [0.2, 0.25) is 0 Å². The smallest absolute Gasteiger partial charge is 0.256 e. The molecular weight excluding hydrogens is 586 g/mol. The molecule has 0 saturated carbocycles. The van der Waals surface area contributed by atoms with Gasteiger partial charge in [-0.3, -0.25) is 4.79 Å². The normalized spacial score (nSPS) is 11.1. The van der Waals surface area contributed by atoms with Crippen LogP contribution in [0.15, 0.2) is 93.5 Å². The monoisotopic (exact) mass is 613 g/mol. The van der Waals surface area contributed by atoms with Gasteiger partial charge in [0.05, 0.1) is 11.1 Å². The molecule has 0 unspecified atom stereocenters. The SMILES string of the molecule is CC(C)c1ccc2c(Nc3cc(C(=O)Nc4ccc(Br)cn4)ccc3Sc3ccc(N(C)C)cc3)ncnc2n1. The van der Waals surface area contributed by atoms with Crippen LogP contribution in [0.3, 0.4) is 0 Å². The van der Waals surface area contributed by atoms with E-state index in [1.165, 1.54) is 6.33 Å². The second-order valence-electron chi connectivity index (χ2n) is 9.63. The summed E-state index contributed by atoms with van der Waals surface area (Å²) >= 11 is 4.97. The van der Waals surface area contributed by atoms with Crippen LogP contribution in [0.1, 0.15) is 35.8 Å². The first-order chi connectivity index (χ1) is 19.3. The van der Waals surface area contributed by atoms with Gasteiger partial charge in [0, 0.05) is 51.5 Å². The van der Waals surface area contributed by atoms with Gasteiger partial charge in [0.25, 0.3) is 5.91 Å². The Morgan fingerprint density at radius 3 is 2.45 bits per heavy atom. The third kappa shape index (κ3) is 6.40. The lowest BCUT2D eigenvalue weighted by Crippen LogP contribution is -2.13. The van der Waals surface area contributed by atoms with Crippen molar-refractivity contribution < 1.29 is 4.79 Å². The molecule has 0 fully saturated rings. The molecule has 0 atom stereocenters. The number of halogens is 1. The number of anilines is 4. The van der Waals surface area contributed by atoms with E-state index in [0.29, 0.717) is 22.8 Å². The molecule has 10 heteroatoms. The summed E-state index contributed by atoms with van der Waals surface area (Å²) in [5.41, 5.74) is 3.93. The Morgan fingerprint density at radius 1 is 0.950 bits per heavy atom. The highest BCUT2D eigenvalue weighted by molar-refractivity contribution is 9.10. The summed E-state index contributed by atoms with van der Waals surface area (Å²) < 4.78 is 0.837. The van der Waals surface area contributed by atoms with Crippen molar-refractivity contribution in [3.05, 3.63) is 95.0 Å². The molecule has 0 aliphatic carbocycles. The Labute approximate surface area is 245 Å². The zero-order valence-corrected chi connectivity index (χ0v) is 24.9. The zero-order valence-electron chi connectivity index (χ0n) is 22.5. The van der Waals surface area contributed by atoms with E-state index in [0.717, 1.165) is 36.7 Å². The Kier molecular flexibility index (Phi) is 8.27. The topological polar surface area (TPSA) is 95.9 Å². The minimum Gasteiger partial charge on any atom is -0.378 e. The number of aromatic nitrogens is 4. The largest absolute Gasteiger partial charge is 0.378 e. The van der Waals surface area contributed by atoms with E-state index in [2.05, 4.69) is 84.5 Å². The molecule has 2 aromatic carbocycles. The van der Waals surface area contributed by atoms with Crippen LogP contribution in [0, 0.1) is 0 Å². The molecule has 0 aliphatic rings. The van der Waals surface area contributed by atoms with Gasteiger partial charge in [-0.05, 0) is 88.6 Å². The molecule has 202 valence electrons. The van der Waals surface area contributed by atoms with Crippen molar-refractivity contribution in [1.82, 2.24) is 19.9 Å². The molecule has 2 N–H and O–H groups in total. The molecule has 8 nitrogen and oxygen atoms in total. The third-order valence-electron chi connectivity index (χ3n) is 6.15. The Morgan fingerprint density at radius 2 is 1.75 bits per heavy atom. The third-order valence-corrected chi connectivity index (χ3v) is 7.71. The minimum atomic E-state index is -0.263. The Hall–Kier alpha value is -4.02. The average molecular weight is 615 g/mol. The summed E-state index contributed by atoms with van der Waals surface area (Å²) in [7, 11) is 4.03. The van der Waals surface area contributed by atoms with Crippen LogP contribution in [0.5, 0.6) is 0 Å². The van der Waals surface area contributed by atoms with Crippen molar-refractivity contribution in [2.24, 2.45) is 0 Å². The van der Waals surface area contributed by atoms with E-state index >= 15 is 0 Å². The van der Waals surface area contributed by atoms with Crippen LogP contribution in [0.25, 0.3) is 11.0 Å². The quantitative estimate of drug-likeness (QED) is 0.185. The second-order valence-corrected chi connectivity index (χ2v) is 11.7. The molecule has 3 aromatic heterocycles. The maximum atomic E-state index is 13.2. The molecular formula is C30H28BrN7OS. The second kappa shape index (κ2) is 12.0. The van der Waals surface area contributed by atoms with Crippen LogP contribution in [0.2, 0.25) is 0 Å². The van der Waals surface area contributed by atoms with Crippen molar-refractivity contribution in [3.8, 4) is 0 Å². The van der Waals surface area contributed by atoms with Crippen LogP contribution in [-0.2, 0) is 0 Å². The first-order valence-electron chi connectivity index (χ1n) is 12.7. The summed E-state index contributed by atoms with van der Waals surface area (Å²) in [6.07, 6.45) is 3.15. The maximum Gasteiger partial charge on any atom is 0.256 e. The number of carbonyl (C=O) groups is 1. The number of rotatable bonds is 8. The van der Waals surface area contributed by atoms with Crippen molar-refractivity contribution >= 4 is 67.6 Å². The van der Waals surface area contributed by atoms with Crippen LogP contribution >= 0.6 is 27.7 Å². The van der Waals surface area contributed by atoms with E-state index in [1.807, 2.05) is 50.5 Å². The van der Waals surface area contributed by atoms with Gasteiger partial charge >= 0.3 is 0 Å². The lowest BCUT2D eigenvalue weighted by Gasteiger charge is -2.16. The van der Waals surface area contributed by atoms with Gasteiger partial charge in [-0.1, -0.05) is 25.6 Å². The van der Waals surface area contributed by atoms with Gasteiger partial charge in [-0.15, -0.1) is 0 Å². The fraction of sp³-hybridized carbons (Fsp3) is 0.167. The van der Waals surface area contributed by atoms with E-state index < -0.39 is 0 Å². The van der Waals surface area contributed by atoms with Crippen molar-refractivity contribution in [2.75, 3.05) is 29.6 Å². The molecule has 0 saturated heterocycles. The Balaban J connectivity index is 1.50. The number of hydrogen-bond donors (Lipinski definition) is 2. The fourth-order valence-electron chi connectivity index (χ4n) is 3.94. The highest BCUT2D eigenvalue weighted by Crippen LogP contribution is 2.37. The molecule has 0 spiro atoms. The van der Waals surface area contributed by atoms with Gasteiger partial charge in [0.1, 0.15) is 18.0 Å². The lowest BCUT2D eigenvalue weighted by molar-refractivity contribution is 0.102. The summed E-state index contributed by atoms with van der Waals surface area (Å²) in [5.74, 6) is 1.11. The van der Waals surface area contributed by atoms with Gasteiger partial charge in [-0.2, -0.15) is 0 Å². The molecule has 0 radical (unpaired) electrons. The number of benzene rings is 2. The number of nitrogens with zero attached hydrogens (tertiary/aromatic N) is 5. The fourth-order valence-corrected chi connectivity index (χ4v) is 5.06. The van der Waals surface area contributed by atoms with Crippen LogP contribution < -0.4 is 15.5 Å². The van der Waals surface area contributed by atoms with E-state index in [9.17, 15) is 4.79 Å². The number of fused-ring (bicyclic) bond motifs is 1. The van der Waals surface area contributed by atoms with Crippen LogP contribution in [0.4, 0.5) is 23.0 Å². The van der Waals surface area contributed by atoms with Gasteiger partial charge in [-0.25, -0.2) is 19.9 Å². The lowest BCUT2D eigenvalue weighted by atomic mass is 10.1. The van der Waals surface area contributed by atoms with Crippen molar-refractivity contribution in [3.63, 3.8) is 0 Å². The molecule has 1 amide bonds. The van der Waals surface area contributed by atoms with E-state index in [-0.39, 0.29) is 11.8 Å². The standard InChI is InChI=1S/C30H28BrN7OS/c1-18(2)24-12-11-23-28(35-24)33-17-34-29(23)36-25-15-19(30(39)37-27-14-6-20(31)16-32-27)5-13-26(25)40-22-9-7-21(8-10-22)38(3)4/h5-18H,1-4H3,(H,32,37,39)(H,33,34,35,36). The highest BCUT2D eigenvalue weighted by Gasteiger charge is 2.15. The summed E-state index contributed by atoms with van der Waals surface area (Å²) in [6.45, 7) is 4.20. The number of pyridine rings is 2. The van der Waals surface area contributed by atoms with Crippen molar-refractivity contribution in [2.45, 2.75) is 29.6 Å². The molecule has 0 aliphatic heterocycles. The minimum absolute atomic E-state index is 0.263. The maximum absolute atomic E-state index is 13.2. The summed E-state index contributed by atoms with van der Waals surface area (Å²) in [6, 6.07) is 21.5. The summed E-state index contributed by atoms with van der Waals surface area (Å²) in [4.78, 5) is 35.1. The molecule has 40 heavy (non-hydrogen) atoms. The first-order valence-corrected chi connectivity index (χ1v) is 14.3. The molecule has 5 rings (SSSR count). The Bertz CT molecular complexity index is 1660. The number of nitrogens with one attached hydrogen (secondary N) is 2. The predicted octanol–water partition coefficient (Wildman–Crippen LogP) is 7.52. The average Bonchev–Trinajstić information content (AvgIpc) is 2.95. The highest BCUT2D eigenvalue weighted by atomic mass is 79.9.